The van der Waals surface area contributed by atoms with Crippen LogP contribution in [-0.4, -0.2) is 20.4 Å². The second-order valence-electron chi connectivity index (χ2n) is 7.49. The maximum absolute atomic E-state index is 12.7. The first kappa shape index (κ1) is 17.6. The highest BCUT2D eigenvalue weighted by molar-refractivity contribution is 5.95. The van der Waals surface area contributed by atoms with Crippen LogP contribution in [0.4, 0.5) is 5.69 Å². The Bertz CT molecular complexity index is 1170. The largest absolute Gasteiger partial charge is 0.334 e. The molecular weight excluding hydrogens is 360 g/mol. The molecule has 0 fully saturated rings. The number of fused-ring (bicyclic) bond motifs is 2. The van der Waals surface area contributed by atoms with Crippen LogP contribution in [0, 0.1) is 0 Å². The first-order valence-corrected chi connectivity index (χ1v) is 10.1. The molecule has 2 aromatic heterocycles. The molecule has 29 heavy (non-hydrogen) atoms. The number of imidazole rings is 1. The zero-order valence-electron chi connectivity index (χ0n) is 16.1. The van der Waals surface area contributed by atoms with Gasteiger partial charge in [-0.15, -0.1) is 0 Å². The molecule has 5 nitrogen and oxygen atoms in total. The van der Waals surface area contributed by atoms with Crippen molar-refractivity contribution in [3.63, 3.8) is 0 Å². The summed E-state index contributed by atoms with van der Waals surface area (Å²) in [6.45, 7) is 1.04. The number of benzene rings is 2. The van der Waals surface area contributed by atoms with Crippen molar-refractivity contribution >= 4 is 22.5 Å². The molecule has 1 amide bonds. The van der Waals surface area contributed by atoms with Crippen LogP contribution in [0.15, 0.2) is 67.0 Å². The normalized spacial score (nSPS) is 13.2. The Morgan fingerprint density at radius 3 is 2.90 bits per heavy atom. The number of para-hydroxylation sites is 1. The molecule has 0 aliphatic carbocycles. The fourth-order valence-electron chi connectivity index (χ4n) is 4.00. The van der Waals surface area contributed by atoms with Crippen molar-refractivity contribution in [3.05, 3.63) is 78.4 Å². The number of aryl methyl sites for hydroxylation is 2. The third-order valence-electron chi connectivity index (χ3n) is 5.42. The lowest BCUT2D eigenvalue weighted by molar-refractivity contribution is -0.115. The summed E-state index contributed by atoms with van der Waals surface area (Å²) in [5.74, 6) is 1.11. The predicted molar refractivity (Wildman–Crippen MR) is 115 cm³/mol. The van der Waals surface area contributed by atoms with Crippen molar-refractivity contribution in [1.82, 2.24) is 14.5 Å². The molecule has 1 aliphatic heterocycles. The van der Waals surface area contributed by atoms with Crippen molar-refractivity contribution in [2.24, 2.45) is 0 Å². The Morgan fingerprint density at radius 1 is 1.07 bits per heavy atom. The summed E-state index contributed by atoms with van der Waals surface area (Å²) in [6.07, 6.45) is 7.62. The molecule has 0 radical (unpaired) electrons. The molecule has 3 heterocycles. The smallest absolute Gasteiger partial charge is 0.228 e. The standard InChI is InChI=1S/C24H22N4O/c29-23(15-19-8-3-6-17-9-5-12-25-24(17)19)26-20-10-4-7-18(14-20)21-16-28-13-2-1-11-22(28)27-21/h3-10,12,14,16H,1-2,11,13,15H2,(H,26,29). The number of aromatic nitrogens is 3. The average Bonchev–Trinajstić information content (AvgIpc) is 3.19. The van der Waals surface area contributed by atoms with E-state index in [9.17, 15) is 4.79 Å². The molecule has 5 heteroatoms. The molecule has 0 saturated carbocycles. The van der Waals surface area contributed by atoms with Crippen LogP contribution in [0.3, 0.4) is 0 Å². The van der Waals surface area contributed by atoms with Gasteiger partial charge in [-0.25, -0.2) is 4.98 Å². The SMILES string of the molecule is O=C(Cc1cccc2cccnc12)Nc1cccc(-c2cn3c(n2)CCCC3)c1. The molecular formula is C24H22N4O. The molecule has 5 rings (SSSR count). The van der Waals surface area contributed by atoms with Gasteiger partial charge in [-0.1, -0.05) is 36.4 Å². The number of carbonyl (C=O) groups is 1. The summed E-state index contributed by atoms with van der Waals surface area (Å²) in [6, 6.07) is 17.8. The topological polar surface area (TPSA) is 59.8 Å². The molecule has 144 valence electrons. The van der Waals surface area contributed by atoms with Crippen LogP contribution in [0.2, 0.25) is 0 Å². The van der Waals surface area contributed by atoms with E-state index in [1.54, 1.807) is 6.20 Å². The van der Waals surface area contributed by atoms with Crippen LogP contribution >= 0.6 is 0 Å². The predicted octanol–water partition coefficient (Wildman–Crippen LogP) is 4.62. The van der Waals surface area contributed by atoms with Crippen molar-refractivity contribution < 1.29 is 4.79 Å². The number of nitrogens with one attached hydrogen (secondary N) is 1. The van der Waals surface area contributed by atoms with Gasteiger partial charge in [-0.2, -0.15) is 0 Å². The van der Waals surface area contributed by atoms with E-state index >= 15 is 0 Å². The van der Waals surface area contributed by atoms with Gasteiger partial charge < -0.3 is 9.88 Å². The van der Waals surface area contributed by atoms with Crippen molar-refractivity contribution in [2.75, 3.05) is 5.32 Å². The van der Waals surface area contributed by atoms with Gasteiger partial charge in [0, 0.05) is 42.0 Å². The Balaban J connectivity index is 1.35. The highest BCUT2D eigenvalue weighted by Crippen LogP contribution is 2.25. The van der Waals surface area contributed by atoms with E-state index in [1.807, 2.05) is 54.6 Å². The van der Waals surface area contributed by atoms with Gasteiger partial charge in [-0.3, -0.25) is 9.78 Å². The first-order chi connectivity index (χ1) is 14.3. The molecule has 2 aromatic carbocycles. The monoisotopic (exact) mass is 382 g/mol. The summed E-state index contributed by atoms with van der Waals surface area (Å²) in [4.78, 5) is 21.9. The van der Waals surface area contributed by atoms with E-state index in [-0.39, 0.29) is 12.3 Å². The lowest BCUT2D eigenvalue weighted by Gasteiger charge is -2.11. The van der Waals surface area contributed by atoms with Crippen LogP contribution in [-0.2, 0) is 24.2 Å². The van der Waals surface area contributed by atoms with Gasteiger partial charge in [0.1, 0.15) is 5.82 Å². The Hall–Kier alpha value is -3.47. The molecule has 0 spiro atoms. The fourth-order valence-corrected chi connectivity index (χ4v) is 4.00. The maximum atomic E-state index is 12.7. The van der Waals surface area contributed by atoms with E-state index in [0.717, 1.165) is 52.2 Å². The summed E-state index contributed by atoms with van der Waals surface area (Å²) in [5, 5.41) is 4.07. The zero-order chi connectivity index (χ0) is 19.6. The van der Waals surface area contributed by atoms with Crippen LogP contribution in [0.5, 0.6) is 0 Å². The van der Waals surface area contributed by atoms with Crippen molar-refractivity contribution in [3.8, 4) is 11.3 Å². The number of carbonyl (C=O) groups excluding carboxylic acids is 1. The molecule has 1 aliphatic rings. The third kappa shape index (κ3) is 3.63. The number of anilines is 1. The van der Waals surface area contributed by atoms with Crippen LogP contribution in [0.1, 0.15) is 24.2 Å². The zero-order valence-corrected chi connectivity index (χ0v) is 16.1. The van der Waals surface area contributed by atoms with Gasteiger partial charge in [-0.05, 0) is 36.6 Å². The highest BCUT2D eigenvalue weighted by Gasteiger charge is 2.14. The summed E-state index contributed by atoms with van der Waals surface area (Å²) < 4.78 is 2.25. The number of rotatable bonds is 4. The van der Waals surface area contributed by atoms with Crippen LogP contribution in [0.25, 0.3) is 22.2 Å². The van der Waals surface area contributed by atoms with Gasteiger partial charge in [0.15, 0.2) is 0 Å². The Morgan fingerprint density at radius 2 is 1.97 bits per heavy atom. The van der Waals surface area contributed by atoms with E-state index in [2.05, 4.69) is 21.1 Å². The molecule has 0 saturated heterocycles. The maximum Gasteiger partial charge on any atom is 0.228 e. The highest BCUT2D eigenvalue weighted by atomic mass is 16.1. The third-order valence-corrected chi connectivity index (χ3v) is 5.42. The molecule has 4 aromatic rings. The Labute approximate surface area is 169 Å². The minimum atomic E-state index is -0.0514. The van der Waals surface area contributed by atoms with Gasteiger partial charge in [0.2, 0.25) is 5.91 Å². The number of pyridine rings is 1. The van der Waals surface area contributed by atoms with Crippen molar-refractivity contribution in [2.45, 2.75) is 32.2 Å². The van der Waals surface area contributed by atoms with E-state index in [1.165, 1.54) is 12.8 Å². The van der Waals surface area contributed by atoms with E-state index in [0.29, 0.717) is 0 Å². The lowest BCUT2D eigenvalue weighted by Crippen LogP contribution is -2.14. The number of hydrogen-bond donors (Lipinski definition) is 1. The van der Waals surface area contributed by atoms with Crippen molar-refractivity contribution in [1.29, 1.82) is 0 Å². The molecule has 0 atom stereocenters. The second kappa shape index (κ2) is 7.51. The minimum Gasteiger partial charge on any atom is -0.334 e. The Kier molecular flexibility index (Phi) is 4.56. The molecule has 0 bridgehead atoms. The second-order valence-corrected chi connectivity index (χ2v) is 7.49. The van der Waals surface area contributed by atoms with E-state index in [4.69, 9.17) is 4.98 Å². The van der Waals surface area contributed by atoms with Crippen LogP contribution < -0.4 is 5.32 Å². The summed E-state index contributed by atoms with van der Waals surface area (Å²) in [7, 11) is 0. The molecule has 0 unspecified atom stereocenters. The number of amides is 1. The lowest BCUT2D eigenvalue weighted by atomic mass is 10.1. The van der Waals surface area contributed by atoms with E-state index < -0.39 is 0 Å². The first-order valence-electron chi connectivity index (χ1n) is 10.1. The minimum absolute atomic E-state index is 0.0514. The summed E-state index contributed by atoms with van der Waals surface area (Å²) >= 11 is 0. The van der Waals surface area contributed by atoms with Gasteiger partial charge >= 0.3 is 0 Å². The molecule has 1 N–H and O–H groups in total. The number of nitrogens with zero attached hydrogens (tertiary/aromatic N) is 3. The average molecular weight is 382 g/mol. The van der Waals surface area contributed by atoms with Gasteiger partial charge in [0.05, 0.1) is 17.6 Å². The number of hydrogen-bond acceptors (Lipinski definition) is 3. The van der Waals surface area contributed by atoms with Gasteiger partial charge in [0.25, 0.3) is 0 Å². The summed E-state index contributed by atoms with van der Waals surface area (Å²) in [5.41, 5.74) is 4.58. The quantitative estimate of drug-likeness (QED) is 0.560. The fraction of sp³-hybridized carbons (Fsp3) is 0.208.